The van der Waals surface area contributed by atoms with E-state index < -0.39 is 5.54 Å². The van der Waals surface area contributed by atoms with E-state index in [1.807, 2.05) is 6.07 Å². The molecule has 0 amide bonds. The third-order valence-corrected chi connectivity index (χ3v) is 4.35. The second-order valence-electron chi connectivity index (χ2n) is 5.25. The Kier molecular flexibility index (Phi) is 3.23. The van der Waals surface area contributed by atoms with E-state index in [0.717, 1.165) is 12.0 Å². The molecule has 0 bridgehead atoms. The minimum Gasteiger partial charge on any atom is -0.376 e. The number of hydroxylamine groups is 1. The standard InChI is InChI=1S/C14H15ClN2O2/c1-9-4-11-7-19-17-14(11,8-18-9)12-5-10(6-16)2-3-13(12)15/h2-3,5,9,11,17H,4,7-8H2,1H3/t9-,11-,14-/m0/s1. The van der Waals surface area contributed by atoms with Crippen molar-refractivity contribution in [1.82, 2.24) is 5.48 Å². The Morgan fingerprint density at radius 1 is 1.53 bits per heavy atom. The molecule has 0 aliphatic carbocycles. The highest BCUT2D eigenvalue weighted by atomic mass is 35.5. The van der Waals surface area contributed by atoms with E-state index in [1.165, 1.54) is 0 Å². The van der Waals surface area contributed by atoms with Crippen LogP contribution >= 0.6 is 11.6 Å². The molecule has 4 nitrogen and oxygen atoms in total. The maximum atomic E-state index is 9.06. The second-order valence-corrected chi connectivity index (χ2v) is 5.65. The molecule has 5 heteroatoms. The normalized spacial score (nSPS) is 33.7. The van der Waals surface area contributed by atoms with Crippen LogP contribution in [0.25, 0.3) is 0 Å². The van der Waals surface area contributed by atoms with Gasteiger partial charge in [0.2, 0.25) is 0 Å². The highest BCUT2D eigenvalue weighted by Gasteiger charge is 2.50. The van der Waals surface area contributed by atoms with Gasteiger partial charge in [-0.25, -0.2) is 0 Å². The molecule has 0 saturated carbocycles. The van der Waals surface area contributed by atoms with E-state index >= 15 is 0 Å². The van der Waals surface area contributed by atoms with Gasteiger partial charge in [0.1, 0.15) is 0 Å². The fourth-order valence-electron chi connectivity index (χ4n) is 2.94. The Hall–Kier alpha value is -1.12. The van der Waals surface area contributed by atoms with Crippen molar-refractivity contribution in [2.45, 2.75) is 25.0 Å². The van der Waals surface area contributed by atoms with Gasteiger partial charge in [-0.05, 0) is 37.1 Å². The summed E-state index contributed by atoms with van der Waals surface area (Å²) in [6.07, 6.45) is 1.14. The van der Waals surface area contributed by atoms with Gasteiger partial charge in [-0.2, -0.15) is 10.7 Å². The third kappa shape index (κ3) is 2.03. The zero-order valence-electron chi connectivity index (χ0n) is 10.6. The summed E-state index contributed by atoms with van der Waals surface area (Å²) in [7, 11) is 0. The minimum atomic E-state index is -0.434. The van der Waals surface area contributed by atoms with Gasteiger partial charge in [-0.3, -0.25) is 0 Å². The zero-order chi connectivity index (χ0) is 13.5. The van der Waals surface area contributed by atoms with Crippen molar-refractivity contribution in [3.63, 3.8) is 0 Å². The molecule has 1 N–H and O–H groups in total. The zero-order valence-corrected chi connectivity index (χ0v) is 11.4. The summed E-state index contributed by atoms with van der Waals surface area (Å²) in [5, 5.41) is 9.69. The lowest BCUT2D eigenvalue weighted by Crippen LogP contribution is -2.51. The molecule has 0 unspecified atom stereocenters. The fourth-order valence-corrected chi connectivity index (χ4v) is 3.23. The van der Waals surface area contributed by atoms with Gasteiger partial charge in [0.25, 0.3) is 0 Å². The minimum absolute atomic E-state index is 0.222. The van der Waals surface area contributed by atoms with Crippen LogP contribution in [0.2, 0.25) is 5.02 Å². The summed E-state index contributed by atoms with van der Waals surface area (Å²) in [6, 6.07) is 7.47. The molecule has 2 saturated heterocycles. The second kappa shape index (κ2) is 4.77. The first-order valence-electron chi connectivity index (χ1n) is 6.36. The van der Waals surface area contributed by atoms with Crippen LogP contribution in [-0.4, -0.2) is 19.3 Å². The van der Waals surface area contributed by atoms with E-state index in [0.29, 0.717) is 29.7 Å². The van der Waals surface area contributed by atoms with Gasteiger partial charge < -0.3 is 9.57 Å². The SMILES string of the molecule is C[C@H]1C[C@H]2CON[C@@]2(c2cc(C#N)ccc2Cl)CO1. The van der Waals surface area contributed by atoms with Crippen LogP contribution in [0.15, 0.2) is 18.2 Å². The number of nitriles is 1. The van der Waals surface area contributed by atoms with Crippen molar-refractivity contribution >= 4 is 11.6 Å². The Labute approximate surface area is 117 Å². The van der Waals surface area contributed by atoms with Gasteiger partial charge in [0.05, 0.1) is 36.5 Å². The van der Waals surface area contributed by atoms with Gasteiger partial charge in [0, 0.05) is 10.9 Å². The van der Waals surface area contributed by atoms with Gasteiger partial charge in [-0.15, -0.1) is 0 Å². The molecular weight excluding hydrogens is 264 g/mol. The van der Waals surface area contributed by atoms with Gasteiger partial charge in [-0.1, -0.05) is 11.6 Å². The lowest BCUT2D eigenvalue weighted by Gasteiger charge is -2.40. The Bertz CT molecular complexity index is 543. The number of halogens is 1. The topological polar surface area (TPSA) is 54.3 Å². The van der Waals surface area contributed by atoms with Crippen molar-refractivity contribution < 1.29 is 9.57 Å². The maximum absolute atomic E-state index is 9.06. The van der Waals surface area contributed by atoms with E-state index in [-0.39, 0.29) is 6.10 Å². The van der Waals surface area contributed by atoms with Crippen molar-refractivity contribution in [3.05, 3.63) is 34.3 Å². The van der Waals surface area contributed by atoms with Crippen molar-refractivity contribution in [1.29, 1.82) is 5.26 Å². The highest BCUT2D eigenvalue weighted by Crippen LogP contribution is 2.43. The molecule has 2 aliphatic rings. The molecule has 2 aliphatic heterocycles. The van der Waals surface area contributed by atoms with Gasteiger partial charge in [0.15, 0.2) is 0 Å². The molecular formula is C14H15ClN2O2. The smallest absolute Gasteiger partial charge is 0.0991 e. The number of hydrogen-bond donors (Lipinski definition) is 1. The van der Waals surface area contributed by atoms with Crippen LogP contribution in [0.3, 0.4) is 0 Å². The monoisotopic (exact) mass is 278 g/mol. The van der Waals surface area contributed by atoms with E-state index in [9.17, 15) is 0 Å². The average Bonchev–Trinajstić information content (AvgIpc) is 2.83. The van der Waals surface area contributed by atoms with Crippen LogP contribution in [0, 0.1) is 17.2 Å². The van der Waals surface area contributed by atoms with Crippen LogP contribution < -0.4 is 5.48 Å². The Morgan fingerprint density at radius 2 is 2.37 bits per heavy atom. The molecule has 0 radical (unpaired) electrons. The fraction of sp³-hybridized carbons (Fsp3) is 0.500. The Morgan fingerprint density at radius 3 is 3.16 bits per heavy atom. The first kappa shape index (κ1) is 12.9. The molecule has 100 valence electrons. The number of nitrogens with one attached hydrogen (secondary N) is 1. The van der Waals surface area contributed by atoms with Crippen molar-refractivity contribution in [2.75, 3.05) is 13.2 Å². The summed E-state index contributed by atoms with van der Waals surface area (Å²) >= 11 is 6.32. The van der Waals surface area contributed by atoms with Crippen molar-refractivity contribution in [3.8, 4) is 6.07 Å². The largest absolute Gasteiger partial charge is 0.376 e. The number of benzene rings is 1. The molecule has 0 aromatic heterocycles. The summed E-state index contributed by atoms with van der Waals surface area (Å²) in [5.41, 5.74) is 4.14. The van der Waals surface area contributed by atoms with E-state index in [2.05, 4.69) is 18.5 Å². The first-order chi connectivity index (χ1) is 9.15. The summed E-state index contributed by atoms with van der Waals surface area (Å²) in [4.78, 5) is 5.45. The molecule has 2 fully saturated rings. The molecule has 0 spiro atoms. The highest BCUT2D eigenvalue weighted by molar-refractivity contribution is 6.31. The van der Waals surface area contributed by atoms with Crippen LogP contribution in [-0.2, 0) is 15.1 Å². The van der Waals surface area contributed by atoms with Crippen LogP contribution in [0.4, 0.5) is 0 Å². The van der Waals surface area contributed by atoms with E-state index in [4.69, 9.17) is 26.4 Å². The van der Waals surface area contributed by atoms with Crippen molar-refractivity contribution in [2.24, 2.45) is 5.92 Å². The third-order valence-electron chi connectivity index (χ3n) is 4.02. The van der Waals surface area contributed by atoms with Crippen LogP contribution in [0.1, 0.15) is 24.5 Å². The molecule has 2 heterocycles. The average molecular weight is 279 g/mol. The number of nitrogens with zero attached hydrogens (tertiary/aromatic N) is 1. The first-order valence-corrected chi connectivity index (χ1v) is 6.74. The predicted octanol–water partition coefficient (Wildman–Crippen LogP) is 2.37. The predicted molar refractivity (Wildman–Crippen MR) is 70.5 cm³/mol. The molecule has 1 aromatic carbocycles. The summed E-state index contributed by atoms with van der Waals surface area (Å²) in [5.74, 6) is 0.308. The molecule has 1 aromatic rings. The molecule has 19 heavy (non-hydrogen) atoms. The number of rotatable bonds is 1. The number of ether oxygens (including phenoxy) is 1. The van der Waals surface area contributed by atoms with Crippen LogP contribution in [0.5, 0.6) is 0 Å². The molecule has 3 rings (SSSR count). The van der Waals surface area contributed by atoms with Gasteiger partial charge >= 0.3 is 0 Å². The summed E-state index contributed by atoms with van der Waals surface area (Å²) < 4.78 is 5.79. The lowest BCUT2D eigenvalue weighted by atomic mass is 9.75. The quantitative estimate of drug-likeness (QED) is 0.857. The lowest BCUT2D eigenvalue weighted by molar-refractivity contribution is -0.0602. The maximum Gasteiger partial charge on any atom is 0.0991 e. The Balaban J connectivity index is 2.06. The number of fused-ring (bicyclic) bond motifs is 1. The number of hydrogen-bond acceptors (Lipinski definition) is 4. The molecule has 3 atom stereocenters. The summed E-state index contributed by atoms with van der Waals surface area (Å²) in [6.45, 7) is 3.21. The van der Waals surface area contributed by atoms with E-state index in [1.54, 1.807) is 12.1 Å².